The predicted octanol–water partition coefficient (Wildman–Crippen LogP) is 1.74. The minimum Gasteiger partial charge on any atom is -0.351 e. The van der Waals surface area contributed by atoms with Crippen molar-refractivity contribution in [3.8, 4) is 0 Å². The number of rotatable bonds is 5. The fraction of sp³-hybridized carbons (Fsp3) is 0.545. The SMILES string of the molecule is CCC(C)C(N)C(=O)NCc1ccsc1. The van der Waals surface area contributed by atoms with E-state index in [1.165, 1.54) is 0 Å². The number of carbonyl (C=O) groups is 1. The molecule has 1 amide bonds. The van der Waals surface area contributed by atoms with Gasteiger partial charge < -0.3 is 11.1 Å². The molecule has 0 spiro atoms. The second kappa shape index (κ2) is 5.88. The van der Waals surface area contributed by atoms with Crippen LogP contribution in [0, 0.1) is 5.92 Å². The third-order valence-electron chi connectivity index (χ3n) is 2.61. The zero-order valence-corrected chi connectivity index (χ0v) is 10.0. The summed E-state index contributed by atoms with van der Waals surface area (Å²) >= 11 is 1.63. The highest BCUT2D eigenvalue weighted by atomic mass is 32.1. The minimum absolute atomic E-state index is 0.0597. The number of hydrogen-bond acceptors (Lipinski definition) is 3. The summed E-state index contributed by atoms with van der Waals surface area (Å²) in [6, 6.07) is 1.60. The molecular weight excluding hydrogens is 208 g/mol. The molecule has 4 heteroatoms. The Balaban J connectivity index is 2.36. The monoisotopic (exact) mass is 226 g/mol. The Bertz CT molecular complexity index is 298. The van der Waals surface area contributed by atoms with Gasteiger partial charge in [-0.15, -0.1) is 0 Å². The summed E-state index contributed by atoms with van der Waals surface area (Å²) in [6.45, 7) is 4.61. The van der Waals surface area contributed by atoms with E-state index in [0.717, 1.165) is 12.0 Å². The molecule has 1 aromatic heterocycles. The molecule has 1 aromatic rings. The van der Waals surface area contributed by atoms with Crippen molar-refractivity contribution in [3.63, 3.8) is 0 Å². The number of carbonyl (C=O) groups excluding carboxylic acids is 1. The molecule has 0 aliphatic carbocycles. The third-order valence-corrected chi connectivity index (χ3v) is 3.34. The van der Waals surface area contributed by atoms with Gasteiger partial charge in [-0.05, 0) is 28.3 Å². The number of nitrogens with one attached hydrogen (secondary N) is 1. The second-order valence-electron chi connectivity index (χ2n) is 3.76. The smallest absolute Gasteiger partial charge is 0.237 e. The Kier molecular flexibility index (Phi) is 4.78. The molecule has 0 aromatic carbocycles. The van der Waals surface area contributed by atoms with Gasteiger partial charge in [-0.2, -0.15) is 11.3 Å². The standard InChI is InChI=1S/C11H18N2OS/c1-3-8(2)10(12)11(14)13-6-9-4-5-15-7-9/h4-5,7-8,10H,3,6,12H2,1-2H3,(H,13,14). The molecule has 0 aliphatic rings. The van der Waals surface area contributed by atoms with Crippen LogP contribution in [0.15, 0.2) is 16.8 Å². The van der Waals surface area contributed by atoms with Crippen LogP contribution >= 0.6 is 11.3 Å². The van der Waals surface area contributed by atoms with Crippen molar-refractivity contribution in [2.24, 2.45) is 11.7 Å². The maximum atomic E-state index is 11.6. The average Bonchev–Trinajstić information content (AvgIpc) is 2.76. The third kappa shape index (κ3) is 3.64. The lowest BCUT2D eigenvalue weighted by molar-refractivity contribution is -0.123. The van der Waals surface area contributed by atoms with Gasteiger partial charge >= 0.3 is 0 Å². The van der Waals surface area contributed by atoms with Crippen LogP contribution in [0.2, 0.25) is 0 Å². The summed E-state index contributed by atoms with van der Waals surface area (Å²) in [5.41, 5.74) is 6.93. The molecule has 0 aliphatic heterocycles. The van der Waals surface area contributed by atoms with Crippen LogP contribution in [-0.2, 0) is 11.3 Å². The van der Waals surface area contributed by atoms with Gasteiger partial charge in [-0.1, -0.05) is 20.3 Å². The molecule has 1 heterocycles. The number of hydrogen-bond donors (Lipinski definition) is 2. The molecule has 2 atom stereocenters. The van der Waals surface area contributed by atoms with Crippen LogP contribution in [0.5, 0.6) is 0 Å². The second-order valence-corrected chi connectivity index (χ2v) is 4.54. The summed E-state index contributed by atoms with van der Waals surface area (Å²) < 4.78 is 0. The van der Waals surface area contributed by atoms with Gasteiger partial charge in [0, 0.05) is 6.54 Å². The lowest BCUT2D eigenvalue weighted by Crippen LogP contribution is -2.44. The van der Waals surface area contributed by atoms with Gasteiger partial charge in [0.2, 0.25) is 5.91 Å². The molecule has 1 rings (SSSR count). The van der Waals surface area contributed by atoms with E-state index in [9.17, 15) is 4.79 Å². The van der Waals surface area contributed by atoms with Gasteiger partial charge in [-0.25, -0.2) is 0 Å². The molecule has 0 fully saturated rings. The van der Waals surface area contributed by atoms with Crippen LogP contribution in [0.1, 0.15) is 25.8 Å². The average molecular weight is 226 g/mol. The maximum Gasteiger partial charge on any atom is 0.237 e. The first-order valence-corrected chi connectivity index (χ1v) is 6.13. The molecular formula is C11H18N2OS. The van der Waals surface area contributed by atoms with Crippen molar-refractivity contribution < 1.29 is 4.79 Å². The summed E-state index contributed by atoms with van der Waals surface area (Å²) in [7, 11) is 0. The van der Waals surface area contributed by atoms with Crippen molar-refractivity contribution in [2.45, 2.75) is 32.9 Å². The van der Waals surface area contributed by atoms with Crippen LogP contribution in [0.25, 0.3) is 0 Å². The summed E-state index contributed by atoms with van der Waals surface area (Å²) in [4.78, 5) is 11.6. The van der Waals surface area contributed by atoms with Crippen molar-refractivity contribution in [2.75, 3.05) is 0 Å². The molecule has 3 nitrogen and oxygen atoms in total. The van der Waals surface area contributed by atoms with Crippen molar-refractivity contribution in [1.29, 1.82) is 0 Å². The molecule has 0 saturated carbocycles. The number of thiophene rings is 1. The highest BCUT2D eigenvalue weighted by molar-refractivity contribution is 7.07. The van der Waals surface area contributed by atoms with Crippen molar-refractivity contribution >= 4 is 17.2 Å². The fourth-order valence-corrected chi connectivity index (χ4v) is 1.88. The Hall–Kier alpha value is -0.870. The van der Waals surface area contributed by atoms with Crippen LogP contribution in [0.3, 0.4) is 0 Å². The molecule has 15 heavy (non-hydrogen) atoms. The van der Waals surface area contributed by atoms with Gasteiger partial charge in [0.15, 0.2) is 0 Å². The topological polar surface area (TPSA) is 55.1 Å². The zero-order chi connectivity index (χ0) is 11.3. The largest absolute Gasteiger partial charge is 0.351 e. The first-order valence-electron chi connectivity index (χ1n) is 5.19. The van der Waals surface area contributed by atoms with Crippen LogP contribution < -0.4 is 11.1 Å². The Labute approximate surface area is 94.7 Å². The zero-order valence-electron chi connectivity index (χ0n) is 9.19. The normalized spacial score (nSPS) is 14.6. The number of nitrogens with two attached hydrogens (primary N) is 1. The highest BCUT2D eigenvalue weighted by Crippen LogP contribution is 2.07. The number of amides is 1. The quantitative estimate of drug-likeness (QED) is 0.803. The molecule has 0 radical (unpaired) electrons. The van der Waals surface area contributed by atoms with Gasteiger partial charge in [0.25, 0.3) is 0 Å². The van der Waals surface area contributed by atoms with E-state index in [-0.39, 0.29) is 11.8 Å². The van der Waals surface area contributed by atoms with Gasteiger partial charge in [-0.3, -0.25) is 4.79 Å². The van der Waals surface area contributed by atoms with Crippen molar-refractivity contribution in [1.82, 2.24) is 5.32 Å². The van der Waals surface area contributed by atoms with E-state index in [1.54, 1.807) is 11.3 Å². The first kappa shape index (κ1) is 12.2. The van der Waals surface area contributed by atoms with Gasteiger partial charge in [0.1, 0.15) is 0 Å². The predicted molar refractivity (Wildman–Crippen MR) is 63.6 cm³/mol. The minimum atomic E-state index is -0.395. The molecule has 0 bridgehead atoms. The highest BCUT2D eigenvalue weighted by Gasteiger charge is 2.18. The molecule has 3 N–H and O–H groups in total. The Morgan fingerprint density at radius 2 is 2.40 bits per heavy atom. The Morgan fingerprint density at radius 1 is 1.67 bits per heavy atom. The van der Waals surface area contributed by atoms with Crippen LogP contribution in [-0.4, -0.2) is 11.9 Å². The summed E-state index contributed by atoms with van der Waals surface area (Å²) in [5, 5.41) is 6.86. The Morgan fingerprint density at radius 3 is 2.93 bits per heavy atom. The summed E-state index contributed by atoms with van der Waals surface area (Å²) in [6.07, 6.45) is 0.924. The van der Waals surface area contributed by atoms with Gasteiger partial charge in [0.05, 0.1) is 6.04 Å². The molecule has 0 saturated heterocycles. The van der Waals surface area contributed by atoms with E-state index in [1.807, 2.05) is 30.7 Å². The van der Waals surface area contributed by atoms with E-state index in [0.29, 0.717) is 6.54 Å². The lowest BCUT2D eigenvalue weighted by Gasteiger charge is -2.17. The van der Waals surface area contributed by atoms with E-state index >= 15 is 0 Å². The molecule has 84 valence electrons. The van der Waals surface area contributed by atoms with Crippen LogP contribution in [0.4, 0.5) is 0 Å². The summed E-state index contributed by atoms with van der Waals surface area (Å²) in [5.74, 6) is 0.169. The first-order chi connectivity index (χ1) is 7.15. The maximum absolute atomic E-state index is 11.6. The van der Waals surface area contributed by atoms with Crippen molar-refractivity contribution in [3.05, 3.63) is 22.4 Å². The van der Waals surface area contributed by atoms with E-state index < -0.39 is 6.04 Å². The lowest BCUT2D eigenvalue weighted by atomic mass is 9.99. The molecule has 2 unspecified atom stereocenters. The fourth-order valence-electron chi connectivity index (χ4n) is 1.21. The van der Waals surface area contributed by atoms with E-state index in [2.05, 4.69) is 5.32 Å². The van der Waals surface area contributed by atoms with E-state index in [4.69, 9.17) is 5.73 Å².